The molecule has 2 rings (SSSR count). The van der Waals surface area contributed by atoms with Crippen molar-refractivity contribution in [2.45, 2.75) is 43.5 Å². The third-order valence-electron chi connectivity index (χ3n) is 4.41. The highest BCUT2D eigenvalue weighted by molar-refractivity contribution is 7.89. The molecule has 1 aliphatic carbocycles. The van der Waals surface area contributed by atoms with E-state index in [4.69, 9.17) is 23.2 Å². The van der Waals surface area contributed by atoms with Crippen LogP contribution < -0.4 is 5.32 Å². The van der Waals surface area contributed by atoms with Gasteiger partial charge in [-0.25, -0.2) is 8.42 Å². The molecule has 0 aromatic heterocycles. The molecular weight excluding hydrogens is 371 g/mol. The zero-order chi connectivity index (χ0) is 17.9. The number of carbonyl (C=O) groups is 1. The van der Waals surface area contributed by atoms with Crippen LogP contribution in [-0.4, -0.2) is 38.3 Å². The average molecular weight is 393 g/mol. The SMILES string of the molecule is CC1CCCCC1NC(=O)CN(C)S(=O)(=O)c1cc(Cl)ccc1Cl. The van der Waals surface area contributed by atoms with Gasteiger partial charge in [0, 0.05) is 18.1 Å². The number of nitrogens with one attached hydrogen (secondary N) is 1. The van der Waals surface area contributed by atoms with Gasteiger partial charge >= 0.3 is 0 Å². The Balaban J connectivity index is 2.06. The van der Waals surface area contributed by atoms with Crippen LogP contribution in [0.1, 0.15) is 32.6 Å². The van der Waals surface area contributed by atoms with Gasteiger partial charge in [0.2, 0.25) is 15.9 Å². The summed E-state index contributed by atoms with van der Waals surface area (Å²) in [5.41, 5.74) is 0. The maximum Gasteiger partial charge on any atom is 0.244 e. The fourth-order valence-electron chi connectivity index (χ4n) is 2.91. The van der Waals surface area contributed by atoms with Crippen LogP contribution in [0.3, 0.4) is 0 Å². The van der Waals surface area contributed by atoms with Crippen molar-refractivity contribution in [2.24, 2.45) is 5.92 Å². The van der Waals surface area contributed by atoms with E-state index in [0.717, 1.165) is 23.6 Å². The molecule has 1 N–H and O–H groups in total. The number of nitrogens with zero attached hydrogens (tertiary/aromatic N) is 1. The molecule has 0 spiro atoms. The molecule has 1 amide bonds. The minimum atomic E-state index is -3.89. The molecule has 0 radical (unpaired) electrons. The molecule has 1 aromatic carbocycles. The molecule has 1 saturated carbocycles. The van der Waals surface area contributed by atoms with Crippen molar-refractivity contribution in [1.29, 1.82) is 0 Å². The topological polar surface area (TPSA) is 66.5 Å². The van der Waals surface area contributed by atoms with E-state index in [-0.39, 0.29) is 33.4 Å². The molecule has 0 heterocycles. The summed E-state index contributed by atoms with van der Waals surface area (Å²) in [7, 11) is -2.53. The third-order valence-corrected chi connectivity index (χ3v) is 6.93. The molecule has 1 aliphatic rings. The first kappa shape index (κ1) is 19.5. The molecule has 0 saturated heterocycles. The number of benzene rings is 1. The Morgan fingerprint density at radius 1 is 1.29 bits per heavy atom. The van der Waals surface area contributed by atoms with Gasteiger partial charge < -0.3 is 5.32 Å². The first-order valence-corrected chi connectivity index (χ1v) is 10.1. The Kier molecular flexibility index (Phi) is 6.53. The Labute approximate surface area is 153 Å². The Morgan fingerprint density at radius 3 is 2.62 bits per heavy atom. The molecule has 134 valence electrons. The molecule has 0 aliphatic heterocycles. The lowest BCUT2D eigenvalue weighted by atomic mass is 9.86. The Bertz CT molecular complexity index is 709. The van der Waals surface area contributed by atoms with Crippen LogP contribution in [0.4, 0.5) is 0 Å². The van der Waals surface area contributed by atoms with Crippen molar-refractivity contribution >= 4 is 39.1 Å². The smallest absolute Gasteiger partial charge is 0.244 e. The monoisotopic (exact) mass is 392 g/mol. The van der Waals surface area contributed by atoms with E-state index in [9.17, 15) is 13.2 Å². The van der Waals surface area contributed by atoms with Crippen molar-refractivity contribution in [3.8, 4) is 0 Å². The summed E-state index contributed by atoms with van der Waals surface area (Å²) >= 11 is 11.8. The zero-order valence-electron chi connectivity index (χ0n) is 13.8. The predicted octanol–water partition coefficient (Wildman–Crippen LogP) is 3.31. The summed E-state index contributed by atoms with van der Waals surface area (Å²) in [5, 5.41) is 3.29. The number of hydrogen-bond donors (Lipinski definition) is 1. The van der Waals surface area contributed by atoms with Gasteiger partial charge in [-0.2, -0.15) is 4.31 Å². The fourth-order valence-corrected chi connectivity index (χ4v) is 4.77. The summed E-state index contributed by atoms with van der Waals surface area (Å²) in [4.78, 5) is 12.1. The third kappa shape index (κ3) is 4.63. The largest absolute Gasteiger partial charge is 0.352 e. The standard InChI is InChI=1S/C16H22Cl2N2O3S/c1-11-5-3-4-6-14(11)19-16(21)10-20(2)24(22,23)15-9-12(17)7-8-13(15)18/h7-9,11,14H,3-6,10H2,1-2H3,(H,19,21). The van der Waals surface area contributed by atoms with Crippen molar-refractivity contribution in [3.63, 3.8) is 0 Å². The predicted molar refractivity (Wildman–Crippen MR) is 95.8 cm³/mol. The fraction of sp³-hybridized carbons (Fsp3) is 0.562. The number of carbonyl (C=O) groups excluding carboxylic acids is 1. The number of amides is 1. The second-order valence-corrected chi connectivity index (χ2v) is 9.13. The molecule has 8 heteroatoms. The molecule has 0 bridgehead atoms. The van der Waals surface area contributed by atoms with Crippen molar-refractivity contribution < 1.29 is 13.2 Å². The quantitative estimate of drug-likeness (QED) is 0.835. The van der Waals surface area contributed by atoms with Crippen LogP contribution >= 0.6 is 23.2 Å². The van der Waals surface area contributed by atoms with Gasteiger partial charge in [0.05, 0.1) is 11.6 Å². The van der Waals surface area contributed by atoms with Crippen LogP contribution in [0.25, 0.3) is 0 Å². The Morgan fingerprint density at radius 2 is 1.96 bits per heavy atom. The lowest BCUT2D eigenvalue weighted by Gasteiger charge is -2.30. The molecule has 2 unspecified atom stereocenters. The van der Waals surface area contributed by atoms with E-state index in [0.29, 0.717) is 5.92 Å². The van der Waals surface area contributed by atoms with E-state index in [1.807, 2.05) is 0 Å². The number of sulfonamides is 1. The summed E-state index contributed by atoms with van der Waals surface area (Å²) < 4.78 is 26.2. The molecule has 5 nitrogen and oxygen atoms in total. The van der Waals surface area contributed by atoms with E-state index in [1.165, 1.54) is 31.7 Å². The number of hydrogen-bond acceptors (Lipinski definition) is 3. The highest BCUT2D eigenvalue weighted by atomic mass is 35.5. The van der Waals surface area contributed by atoms with Crippen LogP contribution in [0.15, 0.2) is 23.1 Å². The minimum Gasteiger partial charge on any atom is -0.352 e. The normalized spacial score (nSPS) is 21.7. The van der Waals surface area contributed by atoms with Gasteiger partial charge in [-0.15, -0.1) is 0 Å². The summed E-state index contributed by atoms with van der Waals surface area (Å²) in [6.07, 6.45) is 4.28. The molecular formula is C16H22Cl2N2O3S. The lowest BCUT2D eigenvalue weighted by Crippen LogP contribution is -2.46. The second-order valence-electron chi connectivity index (χ2n) is 6.27. The summed E-state index contributed by atoms with van der Waals surface area (Å²) in [6, 6.07) is 4.34. The van der Waals surface area contributed by atoms with Gasteiger partial charge in [-0.1, -0.05) is 43.0 Å². The highest BCUT2D eigenvalue weighted by Crippen LogP contribution is 2.27. The first-order chi connectivity index (χ1) is 11.2. The van der Waals surface area contributed by atoms with Crippen LogP contribution in [0.5, 0.6) is 0 Å². The van der Waals surface area contributed by atoms with Gasteiger partial charge in [0.25, 0.3) is 0 Å². The van der Waals surface area contributed by atoms with E-state index in [2.05, 4.69) is 12.2 Å². The number of halogens is 2. The molecule has 2 atom stereocenters. The van der Waals surface area contributed by atoms with E-state index >= 15 is 0 Å². The second kappa shape index (κ2) is 8.04. The van der Waals surface area contributed by atoms with Crippen molar-refractivity contribution in [2.75, 3.05) is 13.6 Å². The van der Waals surface area contributed by atoms with Crippen molar-refractivity contribution in [1.82, 2.24) is 9.62 Å². The Hall–Kier alpha value is -0.820. The lowest BCUT2D eigenvalue weighted by molar-refractivity contribution is -0.122. The number of rotatable bonds is 5. The minimum absolute atomic E-state index is 0.0764. The van der Waals surface area contributed by atoms with Gasteiger partial charge in [-0.3, -0.25) is 4.79 Å². The molecule has 1 aromatic rings. The summed E-state index contributed by atoms with van der Waals surface area (Å²) in [5.74, 6) is 0.102. The molecule has 24 heavy (non-hydrogen) atoms. The molecule has 1 fully saturated rings. The van der Waals surface area contributed by atoms with E-state index in [1.54, 1.807) is 0 Å². The van der Waals surface area contributed by atoms with Gasteiger partial charge in [0.15, 0.2) is 0 Å². The maximum absolute atomic E-state index is 12.6. The number of likely N-dealkylation sites (N-methyl/N-ethyl adjacent to an activating group) is 1. The van der Waals surface area contributed by atoms with Crippen LogP contribution in [0, 0.1) is 5.92 Å². The zero-order valence-corrected chi connectivity index (χ0v) is 16.1. The van der Waals surface area contributed by atoms with Crippen molar-refractivity contribution in [3.05, 3.63) is 28.2 Å². The van der Waals surface area contributed by atoms with Crippen LogP contribution in [0.2, 0.25) is 10.0 Å². The van der Waals surface area contributed by atoms with Gasteiger partial charge in [0.1, 0.15) is 4.90 Å². The average Bonchev–Trinajstić information content (AvgIpc) is 2.51. The highest BCUT2D eigenvalue weighted by Gasteiger charge is 2.28. The summed E-state index contributed by atoms with van der Waals surface area (Å²) in [6.45, 7) is 1.85. The maximum atomic E-state index is 12.6. The first-order valence-electron chi connectivity index (χ1n) is 7.92. The van der Waals surface area contributed by atoms with E-state index < -0.39 is 10.0 Å². The van der Waals surface area contributed by atoms with Crippen LogP contribution in [-0.2, 0) is 14.8 Å². The van der Waals surface area contributed by atoms with Gasteiger partial charge in [-0.05, 0) is 37.0 Å².